The standard InChI is InChI=1S/C16H21F3O3/c1-5-11-6-7-12(13(8-11)22-4)14(2,3)9-15(21,10-20)16(17,18)19/h6-8,10,21H,5,9H2,1-4H3. The molecule has 1 rings (SSSR count). The minimum absolute atomic E-state index is 0.443. The first-order chi connectivity index (χ1) is 10.0. The van der Waals surface area contributed by atoms with Gasteiger partial charge in [-0.15, -0.1) is 0 Å². The Bertz CT molecular complexity index is 538. The highest BCUT2D eigenvalue weighted by atomic mass is 19.4. The summed E-state index contributed by atoms with van der Waals surface area (Å²) in [6.45, 7) is 5.03. The molecule has 0 saturated carbocycles. The van der Waals surface area contributed by atoms with E-state index in [0.29, 0.717) is 11.3 Å². The van der Waals surface area contributed by atoms with Gasteiger partial charge in [-0.3, -0.25) is 4.79 Å². The number of rotatable bonds is 6. The molecule has 22 heavy (non-hydrogen) atoms. The van der Waals surface area contributed by atoms with Crippen LogP contribution in [0.4, 0.5) is 13.2 Å². The van der Waals surface area contributed by atoms with Gasteiger partial charge in [-0.1, -0.05) is 32.9 Å². The van der Waals surface area contributed by atoms with Gasteiger partial charge < -0.3 is 9.84 Å². The molecule has 0 bridgehead atoms. The number of halogens is 3. The maximum absolute atomic E-state index is 12.9. The Balaban J connectivity index is 3.27. The van der Waals surface area contributed by atoms with Crippen molar-refractivity contribution in [2.24, 2.45) is 0 Å². The zero-order chi connectivity index (χ0) is 17.2. The molecule has 1 atom stereocenters. The van der Waals surface area contributed by atoms with Gasteiger partial charge in [-0.25, -0.2) is 0 Å². The minimum atomic E-state index is -5.03. The summed E-state index contributed by atoms with van der Waals surface area (Å²) < 4.78 is 44.1. The van der Waals surface area contributed by atoms with E-state index in [1.54, 1.807) is 18.2 Å². The highest BCUT2D eigenvalue weighted by molar-refractivity contribution is 5.64. The normalized spacial score (nSPS) is 15.3. The Kier molecular flexibility index (Phi) is 5.28. The lowest BCUT2D eigenvalue weighted by molar-refractivity contribution is -0.250. The molecule has 0 saturated heterocycles. The van der Waals surface area contributed by atoms with Gasteiger partial charge in [0.1, 0.15) is 5.75 Å². The van der Waals surface area contributed by atoms with E-state index in [4.69, 9.17) is 4.74 Å². The van der Waals surface area contributed by atoms with Crippen LogP contribution in [0.2, 0.25) is 0 Å². The van der Waals surface area contributed by atoms with E-state index in [1.807, 2.05) is 6.92 Å². The van der Waals surface area contributed by atoms with E-state index >= 15 is 0 Å². The monoisotopic (exact) mass is 318 g/mol. The van der Waals surface area contributed by atoms with E-state index in [2.05, 4.69) is 0 Å². The summed E-state index contributed by atoms with van der Waals surface area (Å²) in [4.78, 5) is 10.8. The van der Waals surface area contributed by atoms with Crippen LogP contribution in [-0.2, 0) is 16.6 Å². The summed E-state index contributed by atoms with van der Waals surface area (Å²) in [5.74, 6) is 0.444. The Hall–Kier alpha value is -1.56. The van der Waals surface area contributed by atoms with Crippen molar-refractivity contribution in [1.82, 2.24) is 0 Å². The zero-order valence-electron chi connectivity index (χ0n) is 13.1. The van der Waals surface area contributed by atoms with Gasteiger partial charge in [-0.2, -0.15) is 13.2 Å². The quantitative estimate of drug-likeness (QED) is 0.818. The zero-order valence-corrected chi connectivity index (χ0v) is 13.1. The highest BCUT2D eigenvalue weighted by Crippen LogP contribution is 2.42. The van der Waals surface area contributed by atoms with E-state index in [-0.39, 0.29) is 0 Å². The van der Waals surface area contributed by atoms with Crippen LogP contribution < -0.4 is 4.74 Å². The topological polar surface area (TPSA) is 46.5 Å². The third-order valence-electron chi connectivity index (χ3n) is 3.80. The van der Waals surface area contributed by atoms with Crippen molar-refractivity contribution in [2.75, 3.05) is 7.11 Å². The van der Waals surface area contributed by atoms with Crippen LogP contribution in [0.5, 0.6) is 5.75 Å². The number of alkyl halides is 3. The average molecular weight is 318 g/mol. The number of ether oxygens (including phenoxy) is 1. The molecule has 6 heteroatoms. The molecule has 0 amide bonds. The number of methoxy groups -OCH3 is 1. The third kappa shape index (κ3) is 3.61. The molecule has 0 spiro atoms. The molecule has 3 nitrogen and oxygen atoms in total. The van der Waals surface area contributed by atoms with Crippen LogP contribution in [0.1, 0.15) is 38.3 Å². The van der Waals surface area contributed by atoms with Gasteiger partial charge in [-0.05, 0) is 29.0 Å². The van der Waals surface area contributed by atoms with Crippen LogP contribution in [0.3, 0.4) is 0 Å². The van der Waals surface area contributed by atoms with Crippen LogP contribution >= 0.6 is 0 Å². The first-order valence-corrected chi connectivity index (χ1v) is 6.93. The highest BCUT2D eigenvalue weighted by Gasteiger charge is 2.56. The molecule has 1 N–H and O–H groups in total. The van der Waals surface area contributed by atoms with E-state index in [1.165, 1.54) is 21.0 Å². The third-order valence-corrected chi connectivity index (χ3v) is 3.80. The molecule has 0 fully saturated rings. The second kappa shape index (κ2) is 6.28. The summed E-state index contributed by atoms with van der Waals surface area (Å²) in [6.07, 6.45) is -5.49. The number of carbonyl (C=O) groups excluding carboxylic acids is 1. The van der Waals surface area contributed by atoms with Crippen LogP contribution in [0.25, 0.3) is 0 Å². The summed E-state index contributed by atoms with van der Waals surface area (Å²) >= 11 is 0. The number of hydrogen-bond donors (Lipinski definition) is 1. The van der Waals surface area contributed by atoms with Crippen molar-refractivity contribution < 1.29 is 27.8 Å². The molecule has 0 heterocycles. The maximum Gasteiger partial charge on any atom is 0.424 e. The molecule has 0 aromatic heterocycles. The molecule has 1 aromatic carbocycles. The largest absolute Gasteiger partial charge is 0.496 e. The Labute approximate surface area is 128 Å². The van der Waals surface area contributed by atoms with E-state index in [0.717, 1.165) is 12.0 Å². The van der Waals surface area contributed by atoms with E-state index < -0.39 is 29.9 Å². The molecule has 0 aliphatic carbocycles. The SMILES string of the molecule is CCc1ccc(C(C)(C)CC(O)(C=O)C(F)(F)F)c(OC)c1. The van der Waals surface area contributed by atoms with Crippen molar-refractivity contribution in [3.05, 3.63) is 29.3 Å². The molecule has 0 aliphatic heterocycles. The molecule has 0 aliphatic rings. The fourth-order valence-corrected chi connectivity index (χ4v) is 2.49. The molecule has 1 aromatic rings. The summed E-state index contributed by atoms with van der Waals surface area (Å²) in [6, 6.07) is 5.23. The summed E-state index contributed by atoms with van der Waals surface area (Å²) in [5.41, 5.74) is -3.00. The molecule has 0 radical (unpaired) electrons. The number of benzene rings is 1. The summed E-state index contributed by atoms with van der Waals surface area (Å²) in [5, 5.41) is 9.68. The van der Waals surface area contributed by atoms with Crippen LogP contribution in [0.15, 0.2) is 18.2 Å². The number of aryl methyl sites for hydroxylation is 1. The second-order valence-corrected chi connectivity index (χ2v) is 5.99. The van der Waals surface area contributed by atoms with Gasteiger partial charge in [0.2, 0.25) is 5.60 Å². The molecule has 1 unspecified atom stereocenters. The fourth-order valence-electron chi connectivity index (χ4n) is 2.49. The van der Waals surface area contributed by atoms with E-state index in [9.17, 15) is 23.1 Å². The number of hydrogen-bond acceptors (Lipinski definition) is 3. The first-order valence-electron chi connectivity index (χ1n) is 6.93. The van der Waals surface area contributed by atoms with Crippen LogP contribution in [0, 0.1) is 0 Å². The average Bonchev–Trinajstić information content (AvgIpc) is 2.44. The smallest absolute Gasteiger partial charge is 0.424 e. The van der Waals surface area contributed by atoms with Crippen molar-refractivity contribution in [3.8, 4) is 5.75 Å². The lowest BCUT2D eigenvalue weighted by Crippen LogP contribution is -2.50. The van der Waals surface area contributed by atoms with Crippen molar-refractivity contribution in [1.29, 1.82) is 0 Å². The Morgan fingerprint density at radius 2 is 1.86 bits per heavy atom. The lowest BCUT2D eigenvalue weighted by atomic mass is 9.74. The predicted molar refractivity (Wildman–Crippen MR) is 77.1 cm³/mol. The number of carbonyl (C=O) groups is 1. The summed E-state index contributed by atoms with van der Waals surface area (Å²) in [7, 11) is 1.43. The minimum Gasteiger partial charge on any atom is -0.496 e. The van der Waals surface area contributed by atoms with Gasteiger partial charge >= 0.3 is 6.18 Å². The second-order valence-electron chi connectivity index (χ2n) is 5.99. The van der Waals surface area contributed by atoms with Crippen LogP contribution in [-0.4, -0.2) is 30.3 Å². The van der Waals surface area contributed by atoms with Crippen molar-refractivity contribution in [3.63, 3.8) is 0 Å². The van der Waals surface area contributed by atoms with Crippen molar-refractivity contribution >= 4 is 6.29 Å². The van der Waals surface area contributed by atoms with Gasteiger partial charge in [0.05, 0.1) is 7.11 Å². The predicted octanol–water partition coefficient (Wildman–Crippen LogP) is 3.42. The molecular weight excluding hydrogens is 297 g/mol. The number of aldehydes is 1. The maximum atomic E-state index is 12.9. The van der Waals surface area contributed by atoms with Gasteiger partial charge in [0, 0.05) is 6.42 Å². The number of aliphatic hydroxyl groups is 1. The van der Waals surface area contributed by atoms with Gasteiger partial charge in [0.25, 0.3) is 0 Å². The molecule has 124 valence electrons. The first kappa shape index (κ1) is 18.5. The molecular formula is C16H21F3O3. The Morgan fingerprint density at radius 3 is 2.27 bits per heavy atom. The fraction of sp³-hybridized carbons (Fsp3) is 0.562. The Morgan fingerprint density at radius 1 is 1.27 bits per heavy atom. The lowest BCUT2D eigenvalue weighted by Gasteiger charge is -2.35. The van der Waals surface area contributed by atoms with Crippen molar-refractivity contribution in [2.45, 2.75) is 50.8 Å². The van der Waals surface area contributed by atoms with Gasteiger partial charge in [0.15, 0.2) is 6.29 Å².